The predicted molar refractivity (Wildman–Crippen MR) is 92.6 cm³/mol. The third kappa shape index (κ3) is 3.90. The number of benzene rings is 1. The highest BCUT2D eigenvalue weighted by Gasteiger charge is 2.32. The first-order chi connectivity index (χ1) is 12.0. The van der Waals surface area contributed by atoms with E-state index in [0.717, 1.165) is 12.8 Å². The average Bonchev–Trinajstić information content (AvgIpc) is 3.24. The largest absolute Gasteiger partial charge is 0.388 e. The van der Waals surface area contributed by atoms with Crippen LogP contribution in [0.25, 0.3) is 0 Å². The van der Waals surface area contributed by atoms with E-state index < -0.39 is 6.10 Å². The minimum absolute atomic E-state index is 0.0308. The highest BCUT2D eigenvalue weighted by Crippen LogP contribution is 2.28. The van der Waals surface area contributed by atoms with Crippen LogP contribution in [0.3, 0.4) is 0 Å². The van der Waals surface area contributed by atoms with Gasteiger partial charge in [-0.2, -0.15) is 0 Å². The lowest BCUT2D eigenvalue weighted by atomic mass is 10.0. The summed E-state index contributed by atoms with van der Waals surface area (Å²) in [6.45, 7) is 4.75. The summed E-state index contributed by atoms with van der Waals surface area (Å²) >= 11 is 0. The van der Waals surface area contributed by atoms with Crippen LogP contribution in [0.4, 0.5) is 4.39 Å². The Hall–Kier alpha value is -2.21. The number of aliphatic hydroxyl groups excluding tert-OH is 1. The molecule has 25 heavy (non-hydrogen) atoms. The molecule has 134 valence electrons. The van der Waals surface area contributed by atoms with Gasteiger partial charge < -0.3 is 14.6 Å². The van der Waals surface area contributed by atoms with Gasteiger partial charge in [0.25, 0.3) is 5.91 Å². The van der Waals surface area contributed by atoms with Crippen molar-refractivity contribution in [3.63, 3.8) is 0 Å². The molecular formula is C19H24FN3O2. The standard InChI is InChI=1S/C19H24FN3O2/c1-13(2)22-11-17(21-12-22)19(25)23-9-3-4-16(23)10-18(24)14-5-7-15(20)8-6-14/h5-8,11-13,16,18,24H,3-4,9-10H2,1-2H3/t16-,18-/m0/s1. The van der Waals surface area contributed by atoms with Gasteiger partial charge in [-0.1, -0.05) is 12.1 Å². The number of hydrogen-bond acceptors (Lipinski definition) is 3. The SMILES string of the molecule is CC(C)n1cnc(C(=O)N2CCC[C@H]2C[C@H](O)c2ccc(F)cc2)c1. The molecule has 2 atom stereocenters. The van der Waals surface area contributed by atoms with Crippen molar-refractivity contribution in [2.24, 2.45) is 0 Å². The summed E-state index contributed by atoms with van der Waals surface area (Å²) in [6, 6.07) is 6.08. The Balaban J connectivity index is 1.69. The Morgan fingerprint density at radius 2 is 2.08 bits per heavy atom. The molecule has 2 heterocycles. The Labute approximate surface area is 147 Å². The third-order valence-electron chi connectivity index (χ3n) is 4.81. The molecule has 1 fully saturated rings. The first-order valence-corrected chi connectivity index (χ1v) is 8.73. The lowest BCUT2D eigenvalue weighted by Gasteiger charge is -2.26. The predicted octanol–water partition coefficient (Wildman–Crippen LogP) is 3.33. The quantitative estimate of drug-likeness (QED) is 0.904. The molecule has 1 aliphatic heterocycles. The number of likely N-dealkylation sites (tertiary alicyclic amines) is 1. The first kappa shape index (κ1) is 17.6. The van der Waals surface area contributed by atoms with E-state index >= 15 is 0 Å². The van der Waals surface area contributed by atoms with Crippen LogP contribution in [-0.2, 0) is 0 Å². The zero-order valence-corrected chi connectivity index (χ0v) is 14.6. The minimum Gasteiger partial charge on any atom is -0.388 e. The van der Waals surface area contributed by atoms with Crippen molar-refractivity contribution in [1.29, 1.82) is 0 Å². The highest BCUT2D eigenvalue weighted by atomic mass is 19.1. The van der Waals surface area contributed by atoms with Crippen molar-refractivity contribution in [2.45, 2.75) is 51.3 Å². The van der Waals surface area contributed by atoms with Crippen LogP contribution in [0.2, 0.25) is 0 Å². The summed E-state index contributed by atoms with van der Waals surface area (Å²) in [6.07, 6.45) is 4.95. The summed E-state index contributed by atoms with van der Waals surface area (Å²) in [5.74, 6) is -0.414. The van der Waals surface area contributed by atoms with Crippen LogP contribution < -0.4 is 0 Å². The number of amides is 1. The Bertz CT molecular complexity index is 727. The van der Waals surface area contributed by atoms with Gasteiger partial charge in [-0.3, -0.25) is 4.79 Å². The molecule has 1 aromatic carbocycles. The summed E-state index contributed by atoms with van der Waals surface area (Å²) in [5.41, 5.74) is 1.11. The summed E-state index contributed by atoms with van der Waals surface area (Å²) in [4.78, 5) is 18.8. The lowest BCUT2D eigenvalue weighted by molar-refractivity contribution is 0.0662. The van der Waals surface area contributed by atoms with E-state index in [1.165, 1.54) is 12.1 Å². The van der Waals surface area contributed by atoms with Gasteiger partial charge in [0.2, 0.25) is 0 Å². The summed E-state index contributed by atoms with van der Waals surface area (Å²) < 4.78 is 14.9. The van der Waals surface area contributed by atoms with E-state index in [4.69, 9.17) is 0 Å². The Kier molecular flexibility index (Phi) is 5.18. The minimum atomic E-state index is -0.716. The van der Waals surface area contributed by atoms with E-state index in [2.05, 4.69) is 4.98 Å². The molecular weight excluding hydrogens is 321 g/mol. The van der Waals surface area contributed by atoms with Crippen LogP contribution in [0.1, 0.15) is 61.3 Å². The fourth-order valence-corrected chi connectivity index (χ4v) is 3.30. The monoisotopic (exact) mass is 345 g/mol. The topological polar surface area (TPSA) is 58.4 Å². The number of aromatic nitrogens is 2. The van der Waals surface area contributed by atoms with Crippen molar-refractivity contribution >= 4 is 5.91 Å². The zero-order chi connectivity index (χ0) is 18.0. The lowest BCUT2D eigenvalue weighted by Crippen LogP contribution is -2.36. The fraction of sp³-hybridized carbons (Fsp3) is 0.474. The second kappa shape index (κ2) is 7.35. The molecule has 0 spiro atoms. The normalized spacial score (nSPS) is 18.8. The molecule has 2 aromatic rings. The molecule has 1 saturated heterocycles. The van der Waals surface area contributed by atoms with Gasteiger partial charge in [-0.05, 0) is 50.8 Å². The molecule has 1 amide bonds. The maximum absolute atomic E-state index is 13.0. The zero-order valence-electron chi connectivity index (χ0n) is 14.6. The number of carbonyl (C=O) groups is 1. The van der Waals surface area contributed by atoms with Crippen molar-refractivity contribution in [3.05, 3.63) is 53.9 Å². The van der Waals surface area contributed by atoms with Crippen molar-refractivity contribution in [3.8, 4) is 0 Å². The number of halogens is 1. The van der Waals surface area contributed by atoms with Crippen LogP contribution in [0, 0.1) is 5.82 Å². The smallest absolute Gasteiger partial charge is 0.274 e. The molecule has 3 rings (SSSR count). The van der Waals surface area contributed by atoms with E-state index in [9.17, 15) is 14.3 Å². The van der Waals surface area contributed by atoms with E-state index in [0.29, 0.717) is 24.2 Å². The van der Waals surface area contributed by atoms with Crippen LogP contribution in [0.15, 0.2) is 36.8 Å². The molecule has 0 unspecified atom stereocenters. The van der Waals surface area contributed by atoms with Gasteiger partial charge in [-0.15, -0.1) is 0 Å². The average molecular weight is 345 g/mol. The Morgan fingerprint density at radius 3 is 2.72 bits per heavy atom. The number of carbonyl (C=O) groups excluding carboxylic acids is 1. The molecule has 6 heteroatoms. The summed E-state index contributed by atoms with van der Waals surface area (Å²) in [7, 11) is 0. The van der Waals surface area contributed by atoms with Gasteiger partial charge >= 0.3 is 0 Å². The molecule has 0 aliphatic carbocycles. The molecule has 0 bridgehead atoms. The number of imidazole rings is 1. The maximum atomic E-state index is 13.0. The second-order valence-electron chi connectivity index (χ2n) is 6.90. The van der Waals surface area contributed by atoms with Gasteiger partial charge in [0.05, 0.1) is 12.4 Å². The molecule has 1 N–H and O–H groups in total. The molecule has 5 nitrogen and oxygen atoms in total. The number of aliphatic hydroxyl groups is 1. The van der Waals surface area contributed by atoms with E-state index in [1.54, 1.807) is 29.6 Å². The fourth-order valence-electron chi connectivity index (χ4n) is 3.30. The molecule has 1 aliphatic rings. The number of rotatable bonds is 5. The first-order valence-electron chi connectivity index (χ1n) is 8.73. The number of hydrogen-bond donors (Lipinski definition) is 1. The highest BCUT2D eigenvalue weighted by molar-refractivity contribution is 5.92. The van der Waals surface area contributed by atoms with Gasteiger partial charge in [0.1, 0.15) is 11.5 Å². The van der Waals surface area contributed by atoms with Gasteiger partial charge in [-0.25, -0.2) is 9.37 Å². The maximum Gasteiger partial charge on any atom is 0.274 e. The Morgan fingerprint density at radius 1 is 1.36 bits per heavy atom. The van der Waals surface area contributed by atoms with Gasteiger partial charge in [0, 0.05) is 24.8 Å². The summed E-state index contributed by atoms with van der Waals surface area (Å²) in [5, 5.41) is 10.4. The van der Waals surface area contributed by atoms with Gasteiger partial charge in [0.15, 0.2) is 0 Å². The van der Waals surface area contributed by atoms with Crippen LogP contribution in [0.5, 0.6) is 0 Å². The molecule has 0 radical (unpaired) electrons. The second-order valence-corrected chi connectivity index (χ2v) is 6.90. The van der Waals surface area contributed by atoms with Crippen LogP contribution in [-0.4, -0.2) is 38.1 Å². The van der Waals surface area contributed by atoms with Crippen LogP contribution >= 0.6 is 0 Å². The van der Waals surface area contributed by atoms with Crippen molar-refractivity contribution in [1.82, 2.24) is 14.5 Å². The van der Waals surface area contributed by atoms with Crippen molar-refractivity contribution in [2.75, 3.05) is 6.54 Å². The van der Waals surface area contributed by atoms with E-state index in [-0.39, 0.29) is 23.8 Å². The third-order valence-corrected chi connectivity index (χ3v) is 4.81. The van der Waals surface area contributed by atoms with E-state index in [1.807, 2.05) is 18.4 Å². The molecule has 0 saturated carbocycles. The van der Waals surface area contributed by atoms with Crippen molar-refractivity contribution < 1.29 is 14.3 Å². The molecule has 1 aromatic heterocycles. The number of nitrogens with zero attached hydrogens (tertiary/aromatic N) is 3.